The summed E-state index contributed by atoms with van der Waals surface area (Å²) in [4.78, 5) is 17.2. The molecule has 0 saturated carbocycles. The van der Waals surface area contributed by atoms with Crippen molar-refractivity contribution in [3.63, 3.8) is 0 Å². The predicted molar refractivity (Wildman–Crippen MR) is 143 cm³/mol. The Balaban J connectivity index is 1.32. The molecule has 3 heterocycles. The van der Waals surface area contributed by atoms with Gasteiger partial charge in [0, 0.05) is 49.3 Å². The molecular weight excluding hydrogens is 488 g/mol. The molecule has 0 bridgehead atoms. The van der Waals surface area contributed by atoms with Crippen molar-refractivity contribution in [1.29, 1.82) is 0 Å². The van der Waals surface area contributed by atoms with E-state index in [1.165, 1.54) is 0 Å². The van der Waals surface area contributed by atoms with Gasteiger partial charge in [-0.2, -0.15) is 0 Å². The monoisotopic (exact) mass is 514 g/mol. The van der Waals surface area contributed by atoms with Gasteiger partial charge in [0.05, 0.1) is 16.4 Å². The van der Waals surface area contributed by atoms with Gasteiger partial charge in [0.1, 0.15) is 5.60 Å². The molecule has 37 heavy (non-hydrogen) atoms. The standard InChI is InChI=1S/C29H27ClN4O3/c1-18-31-32-27(37-18)19-11-12-26(24(30)17-19)34-15-13-20(14-16-34)29(36)22-8-4-3-7-21(22)28(35)33(2)25-10-6-5-9-23(25)29/h3-12,17,20,36H,13-16H2,1-2H3. The molecular formula is C29H27ClN4O3. The Labute approximate surface area is 220 Å². The Morgan fingerprint density at radius 2 is 1.68 bits per heavy atom. The van der Waals surface area contributed by atoms with Crippen LogP contribution in [0.3, 0.4) is 0 Å². The summed E-state index contributed by atoms with van der Waals surface area (Å²) < 4.78 is 5.54. The Morgan fingerprint density at radius 1 is 0.973 bits per heavy atom. The fourth-order valence-electron chi connectivity index (χ4n) is 5.81. The summed E-state index contributed by atoms with van der Waals surface area (Å²) in [7, 11) is 1.77. The van der Waals surface area contributed by atoms with Crippen LogP contribution in [0.25, 0.3) is 11.5 Å². The quantitative estimate of drug-likeness (QED) is 0.392. The van der Waals surface area contributed by atoms with E-state index >= 15 is 0 Å². The van der Waals surface area contributed by atoms with Gasteiger partial charge in [0.25, 0.3) is 5.91 Å². The second-order valence-corrected chi connectivity index (χ2v) is 10.2. The van der Waals surface area contributed by atoms with Gasteiger partial charge >= 0.3 is 0 Å². The van der Waals surface area contributed by atoms with E-state index in [1.807, 2.05) is 66.7 Å². The first kappa shape index (κ1) is 23.7. The molecule has 0 radical (unpaired) electrons. The van der Waals surface area contributed by atoms with Gasteiger partial charge < -0.3 is 19.3 Å². The molecule has 2 aliphatic heterocycles. The van der Waals surface area contributed by atoms with Crippen molar-refractivity contribution in [3.8, 4) is 11.5 Å². The van der Waals surface area contributed by atoms with Crippen molar-refractivity contribution >= 4 is 28.9 Å². The first-order chi connectivity index (χ1) is 17.9. The highest BCUT2D eigenvalue weighted by atomic mass is 35.5. The van der Waals surface area contributed by atoms with Crippen molar-refractivity contribution in [1.82, 2.24) is 10.2 Å². The fourth-order valence-corrected chi connectivity index (χ4v) is 6.11. The number of fused-ring (bicyclic) bond motifs is 2. The molecule has 188 valence electrons. The molecule has 2 aliphatic rings. The number of carbonyl (C=O) groups is 1. The van der Waals surface area contributed by atoms with Crippen LogP contribution in [0.2, 0.25) is 5.02 Å². The molecule has 1 atom stereocenters. The van der Waals surface area contributed by atoms with Crippen LogP contribution in [-0.2, 0) is 5.60 Å². The lowest BCUT2D eigenvalue weighted by molar-refractivity contribution is 0.00555. The van der Waals surface area contributed by atoms with Gasteiger partial charge in [-0.3, -0.25) is 4.79 Å². The number of para-hydroxylation sites is 1. The van der Waals surface area contributed by atoms with Crippen LogP contribution in [0, 0.1) is 12.8 Å². The van der Waals surface area contributed by atoms with Crippen LogP contribution in [0.5, 0.6) is 0 Å². The highest BCUT2D eigenvalue weighted by Gasteiger charge is 2.47. The smallest absolute Gasteiger partial charge is 0.258 e. The molecule has 1 unspecified atom stereocenters. The SMILES string of the molecule is Cc1nnc(-c2ccc(N3CCC(C4(O)c5ccccc5C(=O)N(C)c5ccccc54)CC3)c(Cl)c2)o1. The van der Waals surface area contributed by atoms with Crippen LogP contribution in [-0.4, -0.2) is 41.3 Å². The summed E-state index contributed by atoms with van der Waals surface area (Å²) >= 11 is 6.70. The Morgan fingerprint density at radius 3 is 2.38 bits per heavy atom. The fraction of sp³-hybridized carbons (Fsp3) is 0.276. The van der Waals surface area contributed by atoms with E-state index < -0.39 is 5.60 Å². The molecule has 1 N–H and O–H groups in total. The van der Waals surface area contributed by atoms with Gasteiger partial charge in [-0.05, 0) is 49.1 Å². The summed E-state index contributed by atoms with van der Waals surface area (Å²) in [5, 5.41) is 21.1. The zero-order valence-electron chi connectivity index (χ0n) is 20.7. The lowest BCUT2D eigenvalue weighted by Crippen LogP contribution is -2.44. The highest BCUT2D eigenvalue weighted by molar-refractivity contribution is 6.33. The van der Waals surface area contributed by atoms with Crippen LogP contribution >= 0.6 is 11.6 Å². The number of hydrogen-bond donors (Lipinski definition) is 1. The van der Waals surface area contributed by atoms with E-state index in [4.69, 9.17) is 16.0 Å². The summed E-state index contributed by atoms with van der Waals surface area (Å²) in [6, 6.07) is 20.9. The normalized spacial score (nSPS) is 19.9. The van der Waals surface area contributed by atoms with Crippen LogP contribution in [0.1, 0.15) is 40.2 Å². The van der Waals surface area contributed by atoms with Gasteiger partial charge in [0.15, 0.2) is 0 Å². The average Bonchev–Trinajstić information content (AvgIpc) is 3.35. The van der Waals surface area contributed by atoms with Gasteiger partial charge in [0.2, 0.25) is 11.8 Å². The number of aromatic nitrogens is 2. The molecule has 4 aromatic rings. The molecule has 1 amide bonds. The van der Waals surface area contributed by atoms with Gasteiger partial charge in [-0.15, -0.1) is 10.2 Å². The Kier molecular flexibility index (Phi) is 5.77. The third-order valence-electron chi connectivity index (χ3n) is 7.70. The van der Waals surface area contributed by atoms with E-state index in [-0.39, 0.29) is 11.8 Å². The number of piperidine rings is 1. The van der Waals surface area contributed by atoms with Gasteiger partial charge in [-0.1, -0.05) is 48.0 Å². The molecule has 0 aliphatic carbocycles. The molecule has 1 fully saturated rings. The largest absolute Gasteiger partial charge is 0.421 e. The third kappa shape index (κ3) is 3.81. The highest BCUT2D eigenvalue weighted by Crippen LogP contribution is 2.49. The zero-order valence-corrected chi connectivity index (χ0v) is 21.4. The first-order valence-corrected chi connectivity index (χ1v) is 12.8. The van der Waals surface area contributed by atoms with E-state index in [9.17, 15) is 9.90 Å². The van der Waals surface area contributed by atoms with Crippen LogP contribution in [0.15, 0.2) is 71.1 Å². The number of carbonyl (C=O) groups excluding carboxylic acids is 1. The van der Waals surface area contributed by atoms with Crippen molar-refractivity contribution in [2.45, 2.75) is 25.4 Å². The number of anilines is 2. The number of amides is 1. The number of rotatable bonds is 3. The third-order valence-corrected chi connectivity index (χ3v) is 8.00. The lowest BCUT2D eigenvalue weighted by atomic mass is 9.70. The molecule has 7 nitrogen and oxygen atoms in total. The maximum absolute atomic E-state index is 13.4. The summed E-state index contributed by atoms with van der Waals surface area (Å²) in [6.07, 6.45) is 1.47. The van der Waals surface area contributed by atoms with E-state index in [2.05, 4.69) is 15.1 Å². The van der Waals surface area contributed by atoms with E-state index in [1.54, 1.807) is 18.9 Å². The van der Waals surface area contributed by atoms with Crippen LogP contribution < -0.4 is 9.80 Å². The minimum atomic E-state index is -1.29. The predicted octanol–water partition coefficient (Wildman–Crippen LogP) is 5.44. The molecule has 6 rings (SSSR count). The number of halogens is 1. The number of aliphatic hydroxyl groups is 1. The number of hydrogen-bond acceptors (Lipinski definition) is 6. The molecule has 1 aromatic heterocycles. The second kappa shape index (κ2) is 9.01. The number of benzene rings is 3. The molecule has 1 saturated heterocycles. The van der Waals surface area contributed by atoms with Gasteiger partial charge in [-0.25, -0.2) is 0 Å². The van der Waals surface area contributed by atoms with Crippen LogP contribution in [0.4, 0.5) is 11.4 Å². The topological polar surface area (TPSA) is 82.7 Å². The lowest BCUT2D eigenvalue weighted by Gasteiger charge is -2.43. The molecule has 8 heteroatoms. The Bertz CT molecular complexity index is 1490. The van der Waals surface area contributed by atoms with Crippen molar-refractivity contribution < 1.29 is 14.3 Å². The summed E-state index contributed by atoms with van der Waals surface area (Å²) in [5.74, 6) is 0.756. The van der Waals surface area contributed by atoms with Crippen molar-refractivity contribution in [3.05, 3.63) is 94.3 Å². The maximum Gasteiger partial charge on any atom is 0.258 e. The minimum Gasteiger partial charge on any atom is -0.421 e. The molecule has 3 aromatic carbocycles. The number of aryl methyl sites for hydroxylation is 1. The summed E-state index contributed by atoms with van der Waals surface area (Å²) in [5.41, 5.74) is 3.15. The maximum atomic E-state index is 13.4. The minimum absolute atomic E-state index is 0.0789. The average molecular weight is 515 g/mol. The molecule has 0 spiro atoms. The second-order valence-electron chi connectivity index (χ2n) is 9.75. The zero-order chi connectivity index (χ0) is 25.7. The summed E-state index contributed by atoms with van der Waals surface area (Å²) in [6.45, 7) is 3.20. The Hall–Kier alpha value is -3.68. The van der Waals surface area contributed by atoms with Crippen molar-refractivity contribution in [2.75, 3.05) is 29.9 Å². The first-order valence-electron chi connectivity index (χ1n) is 12.4. The number of nitrogens with zero attached hydrogens (tertiary/aromatic N) is 4. The van der Waals surface area contributed by atoms with Crippen molar-refractivity contribution in [2.24, 2.45) is 5.92 Å². The van der Waals surface area contributed by atoms with E-state index in [0.29, 0.717) is 27.9 Å². The van der Waals surface area contributed by atoms with E-state index in [0.717, 1.165) is 48.4 Å².